The van der Waals surface area contributed by atoms with Crippen molar-refractivity contribution in [2.45, 2.75) is 57.7 Å². The highest BCUT2D eigenvalue weighted by molar-refractivity contribution is 4.83. The van der Waals surface area contributed by atoms with Gasteiger partial charge in [-0.25, -0.2) is 0 Å². The monoisotopic (exact) mass is 186 g/mol. The van der Waals surface area contributed by atoms with E-state index in [0.717, 1.165) is 12.8 Å². The van der Waals surface area contributed by atoms with Crippen molar-refractivity contribution >= 4 is 0 Å². The topological polar surface area (TPSA) is 40.5 Å². The zero-order valence-corrected chi connectivity index (χ0v) is 9.01. The van der Waals surface area contributed by atoms with E-state index < -0.39 is 11.2 Å². The van der Waals surface area contributed by atoms with Crippen LogP contribution in [0.3, 0.4) is 0 Å². The molecule has 0 aromatic heterocycles. The Bertz CT molecular complexity index is 154. The molecular weight excluding hydrogens is 164 g/mol. The maximum atomic E-state index is 9.76. The Hall–Kier alpha value is -0.340. The van der Waals surface area contributed by atoms with Gasteiger partial charge in [0.05, 0.1) is 11.2 Å². The fourth-order valence-electron chi connectivity index (χ4n) is 1.31. The molecule has 0 spiro atoms. The van der Waals surface area contributed by atoms with Crippen molar-refractivity contribution < 1.29 is 10.2 Å². The van der Waals surface area contributed by atoms with Crippen LogP contribution in [0.15, 0.2) is 12.7 Å². The van der Waals surface area contributed by atoms with E-state index in [4.69, 9.17) is 0 Å². The molecule has 78 valence electrons. The van der Waals surface area contributed by atoms with Gasteiger partial charge in [-0.1, -0.05) is 6.08 Å². The molecule has 0 aliphatic heterocycles. The Morgan fingerprint density at radius 1 is 1.15 bits per heavy atom. The highest BCUT2D eigenvalue weighted by atomic mass is 16.3. The molecule has 0 aliphatic carbocycles. The van der Waals surface area contributed by atoms with Gasteiger partial charge in [0, 0.05) is 0 Å². The lowest BCUT2D eigenvalue weighted by Crippen LogP contribution is -2.25. The van der Waals surface area contributed by atoms with Crippen LogP contribution in [0.25, 0.3) is 0 Å². The van der Waals surface area contributed by atoms with E-state index in [9.17, 15) is 10.2 Å². The largest absolute Gasteiger partial charge is 0.390 e. The molecule has 2 heteroatoms. The number of hydrogen-bond acceptors (Lipinski definition) is 2. The molecule has 1 atom stereocenters. The van der Waals surface area contributed by atoms with Gasteiger partial charge in [0.1, 0.15) is 0 Å². The number of aliphatic hydroxyl groups is 2. The van der Waals surface area contributed by atoms with E-state index in [-0.39, 0.29) is 0 Å². The van der Waals surface area contributed by atoms with Crippen molar-refractivity contribution in [1.82, 2.24) is 0 Å². The van der Waals surface area contributed by atoms with Crippen molar-refractivity contribution in [3.63, 3.8) is 0 Å². The quantitative estimate of drug-likeness (QED) is 0.625. The second kappa shape index (κ2) is 4.77. The molecule has 0 amide bonds. The third-order valence-corrected chi connectivity index (χ3v) is 2.09. The lowest BCUT2D eigenvalue weighted by Gasteiger charge is -2.23. The normalized spacial score (nSPS) is 16.7. The second-order valence-corrected chi connectivity index (χ2v) is 4.66. The first-order chi connectivity index (χ1) is 5.77. The van der Waals surface area contributed by atoms with E-state index in [1.807, 2.05) is 0 Å². The Labute approximate surface area is 81.3 Å². The van der Waals surface area contributed by atoms with Crippen LogP contribution in [-0.4, -0.2) is 21.4 Å². The highest BCUT2D eigenvalue weighted by Crippen LogP contribution is 2.21. The summed E-state index contributed by atoms with van der Waals surface area (Å²) in [5.41, 5.74) is -1.28. The first kappa shape index (κ1) is 12.7. The lowest BCUT2D eigenvalue weighted by molar-refractivity contribution is 0.0319. The fraction of sp³-hybridized carbons (Fsp3) is 0.818. The second-order valence-electron chi connectivity index (χ2n) is 4.66. The predicted octanol–water partition coefficient (Wildman–Crippen LogP) is 2.25. The SMILES string of the molecule is C=CCC(C)(O)CCCC(C)(C)O. The van der Waals surface area contributed by atoms with Crippen molar-refractivity contribution in [2.24, 2.45) is 0 Å². The number of rotatable bonds is 6. The lowest BCUT2D eigenvalue weighted by atomic mass is 9.92. The molecule has 0 saturated heterocycles. The summed E-state index contributed by atoms with van der Waals surface area (Å²) < 4.78 is 0. The molecule has 13 heavy (non-hydrogen) atoms. The minimum atomic E-state index is -0.660. The van der Waals surface area contributed by atoms with Crippen molar-refractivity contribution in [2.75, 3.05) is 0 Å². The van der Waals surface area contributed by atoms with Crippen LogP contribution in [0, 0.1) is 0 Å². The minimum Gasteiger partial charge on any atom is -0.390 e. The summed E-state index contributed by atoms with van der Waals surface area (Å²) in [5, 5.41) is 19.2. The Kier molecular flexibility index (Phi) is 4.65. The predicted molar refractivity (Wildman–Crippen MR) is 55.6 cm³/mol. The summed E-state index contributed by atoms with van der Waals surface area (Å²) >= 11 is 0. The Morgan fingerprint density at radius 2 is 1.69 bits per heavy atom. The van der Waals surface area contributed by atoms with Crippen LogP contribution < -0.4 is 0 Å². The Balaban J connectivity index is 3.69. The van der Waals surface area contributed by atoms with Crippen molar-refractivity contribution in [1.29, 1.82) is 0 Å². The van der Waals surface area contributed by atoms with Gasteiger partial charge in [0.15, 0.2) is 0 Å². The molecule has 0 fully saturated rings. The maximum Gasteiger partial charge on any atom is 0.0654 e. The first-order valence-corrected chi connectivity index (χ1v) is 4.82. The number of hydrogen-bond donors (Lipinski definition) is 2. The summed E-state index contributed by atoms with van der Waals surface area (Å²) in [5.74, 6) is 0. The van der Waals surface area contributed by atoms with E-state index in [0.29, 0.717) is 12.8 Å². The fourth-order valence-corrected chi connectivity index (χ4v) is 1.31. The molecule has 2 N–H and O–H groups in total. The van der Waals surface area contributed by atoms with Crippen LogP contribution in [-0.2, 0) is 0 Å². The molecule has 0 saturated carbocycles. The van der Waals surface area contributed by atoms with E-state index >= 15 is 0 Å². The maximum absolute atomic E-state index is 9.76. The van der Waals surface area contributed by atoms with E-state index in [1.165, 1.54) is 0 Å². The van der Waals surface area contributed by atoms with Gasteiger partial charge >= 0.3 is 0 Å². The average molecular weight is 186 g/mol. The third kappa shape index (κ3) is 8.00. The van der Waals surface area contributed by atoms with Crippen molar-refractivity contribution in [3.05, 3.63) is 12.7 Å². The first-order valence-electron chi connectivity index (χ1n) is 4.82. The van der Waals surface area contributed by atoms with Crippen LogP contribution in [0.4, 0.5) is 0 Å². The van der Waals surface area contributed by atoms with Gasteiger partial charge < -0.3 is 10.2 Å². The minimum absolute atomic E-state index is 0.610. The molecule has 0 heterocycles. The van der Waals surface area contributed by atoms with Gasteiger partial charge in [-0.05, 0) is 46.5 Å². The zero-order valence-electron chi connectivity index (χ0n) is 9.01. The van der Waals surface area contributed by atoms with Crippen LogP contribution >= 0.6 is 0 Å². The molecule has 0 bridgehead atoms. The van der Waals surface area contributed by atoms with Crippen LogP contribution in [0.2, 0.25) is 0 Å². The van der Waals surface area contributed by atoms with Gasteiger partial charge in [-0.2, -0.15) is 0 Å². The van der Waals surface area contributed by atoms with Gasteiger partial charge in [0.25, 0.3) is 0 Å². The average Bonchev–Trinajstić information content (AvgIpc) is 1.82. The zero-order chi connectivity index (χ0) is 10.5. The third-order valence-electron chi connectivity index (χ3n) is 2.09. The molecule has 2 nitrogen and oxygen atoms in total. The smallest absolute Gasteiger partial charge is 0.0654 e. The van der Waals surface area contributed by atoms with E-state index in [2.05, 4.69) is 6.58 Å². The highest BCUT2D eigenvalue weighted by Gasteiger charge is 2.20. The van der Waals surface area contributed by atoms with Gasteiger partial charge in [-0.3, -0.25) is 0 Å². The molecular formula is C11H22O2. The molecule has 0 aromatic carbocycles. The molecule has 1 unspecified atom stereocenters. The summed E-state index contributed by atoms with van der Waals surface area (Å²) in [7, 11) is 0. The Morgan fingerprint density at radius 3 is 2.08 bits per heavy atom. The molecule has 0 aromatic rings. The molecule has 0 aliphatic rings. The van der Waals surface area contributed by atoms with E-state index in [1.54, 1.807) is 26.8 Å². The van der Waals surface area contributed by atoms with Crippen molar-refractivity contribution in [3.8, 4) is 0 Å². The van der Waals surface area contributed by atoms with Crippen LogP contribution in [0.5, 0.6) is 0 Å². The summed E-state index contributed by atoms with van der Waals surface area (Å²) in [6, 6.07) is 0. The van der Waals surface area contributed by atoms with Gasteiger partial charge in [0.2, 0.25) is 0 Å². The van der Waals surface area contributed by atoms with Crippen LogP contribution in [0.1, 0.15) is 46.5 Å². The molecule has 0 radical (unpaired) electrons. The van der Waals surface area contributed by atoms with Gasteiger partial charge in [-0.15, -0.1) is 6.58 Å². The molecule has 0 rings (SSSR count). The summed E-state index contributed by atoms with van der Waals surface area (Å²) in [6.07, 6.45) is 4.61. The standard InChI is InChI=1S/C11H22O2/c1-5-7-11(4,13)9-6-8-10(2,3)12/h5,12-13H,1,6-9H2,2-4H3. The summed E-state index contributed by atoms with van der Waals surface area (Å²) in [4.78, 5) is 0. The summed E-state index contributed by atoms with van der Waals surface area (Å²) in [6.45, 7) is 8.97.